The summed E-state index contributed by atoms with van der Waals surface area (Å²) in [5, 5.41) is 7.28. The van der Waals surface area contributed by atoms with Gasteiger partial charge in [0.2, 0.25) is 0 Å². The number of Topliss-reactive ketones (excluding diaryl/α,β-unsaturated/α-hetero) is 1. The Bertz CT molecular complexity index is 647. The molecule has 0 aliphatic rings. The normalized spacial score (nSPS) is 10.3. The molecule has 0 spiro atoms. The molecule has 0 saturated carbocycles. The van der Waals surface area contributed by atoms with Crippen LogP contribution in [-0.2, 0) is 11.3 Å². The Hall–Kier alpha value is -2.22. The van der Waals surface area contributed by atoms with Gasteiger partial charge in [-0.05, 0) is 6.92 Å². The van der Waals surface area contributed by atoms with E-state index in [1.165, 1.54) is 14.0 Å². The van der Waals surface area contributed by atoms with E-state index in [2.05, 4.69) is 20.2 Å². The van der Waals surface area contributed by atoms with Gasteiger partial charge in [0.25, 0.3) is 0 Å². The Kier molecular flexibility index (Phi) is 4.14. The SMILES string of the molecule is COC(=O)c1nc(NCc2cc(C)on2)sc1C(C)=O. The Morgan fingerprint density at radius 1 is 1.50 bits per heavy atom. The molecule has 7 nitrogen and oxygen atoms in total. The predicted octanol–water partition coefficient (Wildman–Crippen LogP) is 2.04. The zero-order valence-electron chi connectivity index (χ0n) is 11.2. The summed E-state index contributed by atoms with van der Waals surface area (Å²) in [4.78, 5) is 27.4. The van der Waals surface area contributed by atoms with Crippen molar-refractivity contribution in [3.8, 4) is 0 Å². The van der Waals surface area contributed by atoms with E-state index < -0.39 is 5.97 Å². The molecule has 2 rings (SSSR count). The Morgan fingerprint density at radius 2 is 2.25 bits per heavy atom. The molecule has 106 valence electrons. The van der Waals surface area contributed by atoms with Gasteiger partial charge in [0.1, 0.15) is 16.3 Å². The van der Waals surface area contributed by atoms with E-state index in [9.17, 15) is 9.59 Å². The minimum Gasteiger partial charge on any atom is -0.464 e. The number of rotatable bonds is 5. The van der Waals surface area contributed by atoms with Gasteiger partial charge in [0.05, 0.1) is 13.7 Å². The number of methoxy groups -OCH3 is 1. The lowest BCUT2D eigenvalue weighted by Gasteiger charge is -1.97. The summed E-state index contributed by atoms with van der Waals surface area (Å²) in [7, 11) is 1.25. The highest BCUT2D eigenvalue weighted by molar-refractivity contribution is 7.17. The van der Waals surface area contributed by atoms with Crippen molar-refractivity contribution in [3.63, 3.8) is 0 Å². The summed E-state index contributed by atoms with van der Waals surface area (Å²) in [6.45, 7) is 3.57. The number of carbonyl (C=O) groups is 2. The smallest absolute Gasteiger partial charge is 0.358 e. The van der Waals surface area contributed by atoms with Gasteiger partial charge >= 0.3 is 5.97 Å². The van der Waals surface area contributed by atoms with E-state index in [4.69, 9.17) is 4.52 Å². The summed E-state index contributed by atoms with van der Waals surface area (Å²) >= 11 is 1.11. The van der Waals surface area contributed by atoms with Crippen LogP contribution >= 0.6 is 11.3 Å². The topological polar surface area (TPSA) is 94.3 Å². The van der Waals surface area contributed by atoms with Crippen LogP contribution in [0.15, 0.2) is 10.6 Å². The highest BCUT2D eigenvalue weighted by atomic mass is 32.1. The number of carbonyl (C=O) groups excluding carboxylic acids is 2. The van der Waals surface area contributed by atoms with Crippen LogP contribution in [-0.4, -0.2) is 29.0 Å². The fourth-order valence-corrected chi connectivity index (χ4v) is 2.38. The summed E-state index contributed by atoms with van der Waals surface area (Å²) in [5.74, 6) is -0.148. The first-order chi connectivity index (χ1) is 9.51. The number of ether oxygens (including phenoxy) is 1. The number of anilines is 1. The molecule has 2 heterocycles. The van der Waals surface area contributed by atoms with Crippen molar-refractivity contribution in [3.05, 3.63) is 28.1 Å². The monoisotopic (exact) mass is 295 g/mol. The van der Waals surface area contributed by atoms with Crippen LogP contribution in [0.4, 0.5) is 5.13 Å². The van der Waals surface area contributed by atoms with Gasteiger partial charge in [0, 0.05) is 13.0 Å². The van der Waals surface area contributed by atoms with Crippen LogP contribution in [0.5, 0.6) is 0 Å². The minimum atomic E-state index is -0.628. The molecule has 0 aromatic carbocycles. The van der Waals surface area contributed by atoms with Gasteiger partial charge in [-0.15, -0.1) is 0 Å². The Labute approximate surface area is 118 Å². The lowest BCUT2D eigenvalue weighted by molar-refractivity contribution is 0.0591. The molecule has 2 aromatic rings. The van der Waals surface area contributed by atoms with Crippen LogP contribution in [0.1, 0.15) is 38.5 Å². The molecule has 2 aromatic heterocycles. The number of hydrogen-bond acceptors (Lipinski definition) is 8. The van der Waals surface area contributed by atoms with E-state index in [0.29, 0.717) is 23.1 Å². The molecule has 0 amide bonds. The molecular formula is C12H13N3O4S. The maximum Gasteiger partial charge on any atom is 0.358 e. The van der Waals surface area contributed by atoms with Gasteiger partial charge in [-0.2, -0.15) is 0 Å². The minimum absolute atomic E-state index is 0.0313. The number of aryl methyl sites for hydroxylation is 1. The summed E-state index contributed by atoms with van der Waals surface area (Å²) in [6, 6.07) is 1.79. The van der Waals surface area contributed by atoms with E-state index in [0.717, 1.165) is 11.3 Å². The van der Waals surface area contributed by atoms with Crippen LogP contribution in [0.2, 0.25) is 0 Å². The van der Waals surface area contributed by atoms with Crippen molar-refractivity contribution in [2.24, 2.45) is 0 Å². The fourth-order valence-electron chi connectivity index (χ4n) is 1.54. The molecule has 0 fully saturated rings. The number of thiazole rings is 1. The number of nitrogens with zero attached hydrogens (tertiary/aromatic N) is 2. The maximum absolute atomic E-state index is 11.5. The van der Waals surface area contributed by atoms with Crippen molar-refractivity contribution >= 4 is 28.2 Å². The average molecular weight is 295 g/mol. The fraction of sp³-hybridized carbons (Fsp3) is 0.333. The maximum atomic E-state index is 11.5. The Morgan fingerprint density at radius 3 is 2.80 bits per heavy atom. The first-order valence-corrected chi connectivity index (χ1v) is 6.59. The van der Waals surface area contributed by atoms with Crippen LogP contribution in [0.3, 0.4) is 0 Å². The first kappa shape index (κ1) is 14.2. The number of aromatic nitrogens is 2. The second-order valence-corrected chi connectivity index (χ2v) is 5.03. The highest BCUT2D eigenvalue weighted by Gasteiger charge is 2.21. The van der Waals surface area contributed by atoms with Crippen LogP contribution in [0, 0.1) is 6.92 Å². The summed E-state index contributed by atoms with van der Waals surface area (Å²) in [6.07, 6.45) is 0. The van der Waals surface area contributed by atoms with Crippen LogP contribution < -0.4 is 5.32 Å². The van der Waals surface area contributed by atoms with Crippen molar-refractivity contribution < 1.29 is 18.8 Å². The lowest BCUT2D eigenvalue weighted by Crippen LogP contribution is -2.07. The third kappa shape index (κ3) is 3.02. The van der Waals surface area contributed by atoms with Crippen molar-refractivity contribution in [1.82, 2.24) is 10.1 Å². The molecular weight excluding hydrogens is 282 g/mol. The Balaban J connectivity index is 2.16. The molecule has 0 saturated heterocycles. The predicted molar refractivity (Wildman–Crippen MR) is 72.0 cm³/mol. The molecule has 20 heavy (non-hydrogen) atoms. The third-order valence-corrected chi connectivity index (χ3v) is 3.54. The van der Waals surface area contributed by atoms with Crippen molar-refractivity contribution in [2.45, 2.75) is 20.4 Å². The third-order valence-electron chi connectivity index (χ3n) is 2.42. The van der Waals surface area contributed by atoms with Gasteiger partial charge in [-0.3, -0.25) is 4.79 Å². The highest BCUT2D eigenvalue weighted by Crippen LogP contribution is 2.24. The van der Waals surface area contributed by atoms with Gasteiger partial charge in [0.15, 0.2) is 16.6 Å². The largest absolute Gasteiger partial charge is 0.464 e. The number of esters is 1. The molecule has 1 N–H and O–H groups in total. The summed E-state index contributed by atoms with van der Waals surface area (Å²) in [5.41, 5.74) is 0.741. The van der Waals surface area contributed by atoms with Crippen molar-refractivity contribution in [1.29, 1.82) is 0 Å². The molecule has 0 atom stereocenters. The summed E-state index contributed by atoms with van der Waals surface area (Å²) < 4.78 is 9.54. The van der Waals surface area contributed by atoms with Gasteiger partial charge < -0.3 is 14.6 Å². The molecule has 0 aliphatic heterocycles. The van der Waals surface area contributed by atoms with Gasteiger partial charge in [-0.25, -0.2) is 9.78 Å². The van der Waals surface area contributed by atoms with Crippen LogP contribution in [0.25, 0.3) is 0 Å². The molecule has 8 heteroatoms. The number of hydrogen-bond donors (Lipinski definition) is 1. The second-order valence-electron chi connectivity index (χ2n) is 4.03. The molecule has 0 bridgehead atoms. The van der Waals surface area contributed by atoms with E-state index in [1.807, 2.05) is 0 Å². The number of nitrogens with one attached hydrogen (secondary N) is 1. The quantitative estimate of drug-likeness (QED) is 0.666. The van der Waals surface area contributed by atoms with E-state index in [1.54, 1.807) is 13.0 Å². The zero-order chi connectivity index (χ0) is 14.7. The van der Waals surface area contributed by atoms with Crippen molar-refractivity contribution in [2.75, 3.05) is 12.4 Å². The average Bonchev–Trinajstić information content (AvgIpc) is 3.01. The molecule has 0 aliphatic carbocycles. The van der Waals surface area contributed by atoms with E-state index in [-0.39, 0.29) is 16.4 Å². The zero-order valence-corrected chi connectivity index (χ0v) is 12.0. The lowest BCUT2D eigenvalue weighted by atomic mass is 10.3. The standard InChI is InChI=1S/C12H13N3O4S/c1-6-4-8(15-19-6)5-13-12-14-9(11(17)18-3)10(20-12)7(2)16/h4H,5H2,1-3H3,(H,13,14). The second kappa shape index (κ2) is 5.83. The number of ketones is 1. The van der Waals surface area contributed by atoms with Gasteiger partial charge in [-0.1, -0.05) is 16.5 Å². The molecule has 0 radical (unpaired) electrons. The molecule has 0 unspecified atom stereocenters. The van der Waals surface area contributed by atoms with E-state index >= 15 is 0 Å². The first-order valence-electron chi connectivity index (χ1n) is 5.77.